The highest BCUT2D eigenvalue weighted by Crippen LogP contribution is 2.31. The minimum Gasteiger partial charge on any atom is -0.507 e. The van der Waals surface area contributed by atoms with Crippen LogP contribution in [0.1, 0.15) is 21.7 Å². The van der Waals surface area contributed by atoms with E-state index in [1.54, 1.807) is 0 Å². The number of nitrogens with zero attached hydrogens (tertiary/aromatic N) is 2. The molecule has 7 nitrogen and oxygen atoms in total. The molecule has 0 atom stereocenters. The third-order valence-electron chi connectivity index (χ3n) is 4.27. The van der Waals surface area contributed by atoms with Gasteiger partial charge >= 0.3 is 6.18 Å². The van der Waals surface area contributed by atoms with E-state index in [0.717, 1.165) is 18.2 Å². The van der Waals surface area contributed by atoms with Gasteiger partial charge in [-0.3, -0.25) is 9.59 Å². The van der Waals surface area contributed by atoms with E-state index in [9.17, 15) is 27.9 Å². The first-order valence-corrected chi connectivity index (χ1v) is 8.66. The quantitative estimate of drug-likeness (QED) is 0.435. The van der Waals surface area contributed by atoms with E-state index in [2.05, 4.69) is 21.9 Å². The van der Waals surface area contributed by atoms with Gasteiger partial charge in [-0.2, -0.15) is 13.2 Å². The van der Waals surface area contributed by atoms with Crippen molar-refractivity contribution in [1.82, 2.24) is 14.9 Å². The number of phenolic OH excluding ortho intramolecular Hbond substituents is 1. The molecular formula is C20H17F3N4O3. The zero-order valence-electron chi connectivity index (χ0n) is 15.7. The average Bonchev–Trinajstić information content (AvgIpc) is 3.09. The van der Waals surface area contributed by atoms with Crippen molar-refractivity contribution in [2.24, 2.45) is 0 Å². The Kier molecular flexibility index (Phi) is 5.50. The molecule has 0 bridgehead atoms. The lowest BCUT2D eigenvalue weighted by atomic mass is 10.1. The Morgan fingerprint density at radius 3 is 2.67 bits per heavy atom. The van der Waals surface area contributed by atoms with E-state index < -0.39 is 23.6 Å². The number of nitrogens with one attached hydrogen (secondary N) is 2. The molecule has 0 saturated carbocycles. The summed E-state index contributed by atoms with van der Waals surface area (Å²) in [6.07, 6.45) is -3.41. The molecule has 1 aromatic heterocycles. The normalized spacial score (nSPS) is 11.3. The van der Waals surface area contributed by atoms with Crippen molar-refractivity contribution in [3.63, 3.8) is 0 Å². The first kappa shape index (κ1) is 20.9. The number of fused-ring (bicyclic) bond motifs is 1. The van der Waals surface area contributed by atoms with E-state index in [1.807, 2.05) is 0 Å². The Hall–Kier alpha value is -3.82. The van der Waals surface area contributed by atoms with Crippen molar-refractivity contribution in [1.29, 1.82) is 0 Å². The van der Waals surface area contributed by atoms with Crippen LogP contribution in [-0.2, 0) is 17.5 Å². The number of hydrogen-bond donors (Lipinski definition) is 3. The number of imidazole rings is 1. The van der Waals surface area contributed by atoms with Gasteiger partial charge < -0.3 is 20.3 Å². The number of aromatic amines is 1. The summed E-state index contributed by atoms with van der Waals surface area (Å²) >= 11 is 0. The fraction of sp³-hybridized carbons (Fsp3) is 0.150. The number of hydrogen-bond acceptors (Lipinski definition) is 4. The second-order valence-electron chi connectivity index (χ2n) is 6.50. The molecule has 156 valence electrons. The van der Waals surface area contributed by atoms with Crippen LogP contribution in [0, 0.1) is 0 Å². The molecule has 10 heteroatoms. The summed E-state index contributed by atoms with van der Waals surface area (Å²) in [6.45, 7) is 3.29. The molecule has 3 aromatic rings. The molecule has 0 aliphatic rings. The molecule has 0 spiro atoms. The van der Waals surface area contributed by atoms with Gasteiger partial charge in [0.2, 0.25) is 5.91 Å². The van der Waals surface area contributed by atoms with Gasteiger partial charge in [0.05, 0.1) is 28.7 Å². The Balaban J connectivity index is 1.81. The Morgan fingerprint density at radius 1 is 1.27 bits per heavy atom. The van der Waals surface area contributed by atoms with E-state index in [4.69, 9.17) is 0 Å². The second-order valence-corrected chi connectivity index (χ2v) is 6.50. The highest BCUT2D eigenvalue weighted by atomic mass is 19.4. The molecule has 0 unspecified atom stereocenters. The summed E-state index contributed by atoms with van der Waals surface area (Å²) in [5.41, 5.74) is -0.0564. The van der Waals surface area contributed by atoms with Gasteiger partial charge in [0.25, 0.3) is 5.91 Å². The summed E-state index contributed by atoms with van der Waals surface area (Å²) in [5.74, 6) is -1.06. The fourth-order valence-corrected chi connectivity index (χ4v) is 2.79. The van der Waals surface area contributed by atoms with Crippen LogP contribution in [0.3, 0.4) is 0 Å². The van der Waals surface area contributed by atoms with E-state index >= 15 is 0 Å². The van der Waals surface area contributed by atoms with Gasteiger partial charge in [0.15, 0.2) is 0 Å². The predicted molar refractivity (Wildman–Crippen MR) is 104 cm³/mol. The number of H-pyrrole nitrogens is 1. The van der Waals surface area contributed by atoms with Gasteiger partial charge in [-0.25, -0.2) is 4.98 Å². The van der Waals surface area contributed by atoms with Crippen molar-refractivity contribution in [3.05, 3.63) is 66.0 Å². The molecular weight excluding hydrogens is 401 g/mol. The summed E-state index contributed by atoms with van der Waals surface area (Å²) < 4.78 is 38.6. The number of alkyl halides is 3. The Bertz CT molecular complexity index is 1140. The minimum atomic E-state index is -4.48. The number of carbonyl (C=O) groups excluding carboxylic acids is 2. The maximum Gasteiger partial charge on any atom is 0.416 e. The SMILES string of the molecule is C=CC(=O)Nc1ccc(O)c(C(=O)N(C)Cc2nc3ccc(C(F)(F)F)cc3[nH]2)c1. The Labute approximate surface area is 168 Å². The lowest BCUT2D eigenvalue weighted by Crippen LogP contribution is -2.27. The Morgan fingerprint density at radius 2 is 2.00 bits per heavy atom. The van der Waals surface area contributed by atoms with Gasteiger partial charge in [-0.1, -0.05) is 6.58 Å². The van der Waals surface area contributed by atoms with Crippen LogP contribution in [0.4, 0.5) is 18.9 Å². The zero-order valence-corrected chi connectivity index (χ0v) is 15.7. The summed E-state index contributed by atoms with van der Waals surface area (Å²) in [5, 5.41) is 12.5. The van der Waals surface area contributed by atoms with Crippen LogP contribution in [0.15, 0.2) is 49.1 Å². The molecule has 2 aromatic carbocycles. The predicted octanol–water partition coefficient (Wildman–Crippen LogP) is 3.68. The van der Waals surface area contributed by atoms with E-state index in [0.29, 0.717) is 5.52 Å². The highest BCUT2D eigenvalue weighted by molar-refractivity contribution is 6.01. The average molecular weight is 418 g/mol. The molecule has 3 N–H and O–H groups in total. The minimum absolute atomic E-state index is 0.0441. The van der Waals surface area contributed by atoms with Crippen LogP contribution in [0.25, 0.3) is 11.0 Å². The van der Waals surface area contributed by atoms with Crippen LogP contribution >= 0.6 is 0 Å². The number of phenols is 1. The fourth-order valence-electron chi connectivity index (χ4n) is 2.79. The largest absolute Gasteiger partial charge is 0.507 e. The van der Waals surface area contributed by atoms with Crippen LogP contribution < -0.4 is 5.32 Å². The number of rotatable bonds is 5. The van der Waals surface area contributed by atoms with Crippen molar-refractivity contribution in [3.8, 4) is 5.75 Å². The number of amides is 2. The number of aromatic nitrogens is 2. The van der Waals surface area contributed by atoms with Gasteiger partial charge in [-0.05, 0) is 42.5 Å². The van der Waals surface area contributed by atoms with Crippen molar-refractivity contribution in [2.45, 2.75) is 12.7 Å². The van der Waals surface area contributed by atoms with Crippen LogP contribution in [0.5, 0.6) is 5.75 Å². The topological polar surface area (TPSA) is 98.3 Å². The monoisotopic (exact) mass is 418 g/mol. The van der Waals surface area contributed by atoms with Crippen molar-refractivity contribution < 1.29 is 27.9 Å². The summed E-state index contributed by atoms with van der Waals surface area (Å²) in [6, 6.07) is 7.13. The molecule has 0 radical (unpaired) electrons. The molecule has 0 fully saturated rings. The molecule has 0 saturated heterocycles. The number of halogens is 3. The number of carbonyl (C=O) groups is 2. The third kappa shape index (κ3) is 4.43. The lowest BCUT2D eigenvalue weighted by molar-refractivity contribution is -0.137. The molecule has 0 aliphatic carbocycles. The molecule has 2 amide bonds. The molecule has 3 rings (SSSR count). The van der Waals surface area contributed by atoms with Crippen LogP contribution in [-0.4, -0.2) is 38.8 Å². The number of benzene rings is 2. The second kappa shape index (κ2) is 7.90. The zero-order chi connectivity index (χ0) is 22.1. The highest BCUT2D eigenvalue weighted by Gasteiger charge is 2.30. The number of anilines is 1. The van der Waals surface area contributed by atoms with Gasteiger partial charge in [-0.15, -0.1) is 0 Å². The van der Waals surface area contributed by atoms with Crippen LogP contribution in [0.2, 0.25) is 0 Å². The lowest BCUT2D eigenvalue weighted by Gasteiger charge is -2.17. The van der Waals surface area contributed by atoms with Gasteiger partial charge in [0.1, 0.15) is 11.6 Å². The first-order valence-electron chi connectivity index (χ1n) is 8.66. The van der Waals surface area contributed by atoms with Gasteiger partial charge in [0, 0.05) is 12.7 Å². The molecule has 1 heterocycles. The first-order chi connectivity index (χ1) is 14.1. The third-order valence-corrected chi connectivity index (χ3v) is 4.27. The maximum atomic E-state index is 12.9. The summed E-state index contributed by atoms with van der Waals surface area (Å²) in [7, 11) is 1.45. The number of aromatic hydroxyl groups is 1. The smallest absolute Gasteiger partial charge is 0.416 e. The summed E-state index contributed by atoms with van der Waals surface area (Å²) in [4.78, 5) is 32.3. The van der Waals surface area contributed by atoms with Crippen molar-refractivity contribution >= 4 is 28.5 Å². The van der Waals surface area contributed by atoms with E-state index in [1.165, 1.54) is 36.2 Å². The van der Waals surface area contributed by atoms with Crippen molar-refractivity contribution in [2.75, 3.05) is 12.4 Å². The molecule has 30 heavy (non-hydrogen) atoms. The maximum absolute atomic E-state index is 12.9. The standard InChI is InChI=1S/C20H17F3N4O3/c1-3-18(29)24-12-5-7-16(28)13(9-12)19(30)27(2)10-17-25-14-6-4-11(20(21,22)23)8-15(14)26-17/h3-9,28H,1,10H2,2H3,(H,24,29)(H,25,26). The molecule has 0 aliphatic heterocycles. The van der Waals surface area contributed by atoms with E-state index in [-0.39, 0.29) is 34.9 Å².